The highest BCUT2D eigenvalue weighted by Crippen LogP contribution is 2.32. The molecule has 30 heavy (non-hydrogen) atoms. The number of piperidine rings is 1. The Hall–Kier alpha value is -3.58. The van der Waals surface area contributed by atoms with Gasteiger partial charge < -0.3 is 10.3 Å². The Bertz CT molecular complexity index is 1330. The lowest BCUT2D eigenvalue weighted by molar-refractivity contribution is 0.454. The molecule has 0 atom stereocenters. The number of imidazole rings is 1. The van der Waals surface area contributed by atoms with Crippen LogP contribution in [0, 0.1) is 0 Å². The van der Waals surface area contributed by atoms with Crippen LogP contribution in [-0.4, -0.2) is 43.2 Å². The maximum absolute atomic E-state index is 4.99. The molecule has 0 bridgehead atoms. The summed E-state index contributed by atoms with van der Waals surface area (Å²) in [5, 5.41) is 11.1. The summed E-state index contributed by atoms with van der Waals surface area (Å²) in [6, 6.07) is 14.3. The van der Waals surface area contributed by atoms with Crippen LogP contribution in [-0.2, 0) is 0 Å². The number of aromatic amines is 2. The summed E-state index contributed by atoms with van der Waals surface area (Å²) in [5.41, 5.74) is 7.66. The fourth-order valence-corrected chi connectivity index (χ4v) is 4.32. The Balaban J connectivity index is 1.47. The summed E-state index contributed by atoms with van der Waals surface area (Å²) in [6.07, 6.45) is 5.87. The summed E-state index contributed by atoms with van der Waals surface area (Å²) >= 11 is 0. The fourth-order valence-electron chi connectivity index (χ4n) is 4.32. The number of hydrogen-bond acceptors (Lipinski definition) is 5. The van der Waals surface area contributed by atoms with E-state index in [1.54, 1.807) is 6.20 Å². The molecule has 7 heteroatoms. The van der Waals surface area contributed by atoms with Crippen molar-refractivity contribution in [2.24, 2.45) is 0 Å². The van der Waals surface area contributed by atoms with E-state index in [9.17, 15) is 0 Å². The first kappa shape index (κ1) is 17.3. The highest BCUT2D eigenvalue weighted by Gasteiger charge is 2.20. The van der Waals surface area contributed by atoms with E-state index in [0.717, 1.165) is 76.3 Å². The molecule has 0 amide bonds. The van der Waals surface area contributed by atoms with Crippen LogP contribution in [0.1, 0.15) is 24.5 Å². The van der Waals surface area contributed by atoms with Crippen LogP contribution in [0.3, 0.4) is 0 Å². The minimum atomic E-state index is 0.492. The van der Waals surface area contributed by atoms with Gasteiger partial charge in [-0.2, -0.15) is 5.10 Å². The number of nitrogens with one attached hydrogen (secondary N) is 3. The number of para-hydroxylation sites is 1. The average Bonchev–Trinajstić information content (AvgIpc) is 3.43. The predicted octanol–water partition coefficient (Wildman–Crippen LogP) is 4.03. The molecule has 6 rings (SSSR count). The highest BCUT2D eigenvalue weighted by molar-refractivity contribution is 5.95. The number of fused-ring (bicyclic) bond motifs is 2. The van der Waals surface area contributed by atoms with Gasteiger partial charge in [0.25, 0.3) is 0 Å². The van der Waals surface area contributed by atoms with Crippen LogP contribution in [0.2, 0.25) is 0 Å². The molecule has 0 aliphatic carbocycles. The molecule has 7 nitrogen and oxygen atoms in total. The number of nitrogens with zero attached hydrogens (tertiary/aromatic N) is 4. The lowest BCUT2D eigenvalue weighted by Crippen LogP contribution is -2.27. The predicted molar refractivity (Wildman–Crippen MR) is 117 cm³/mol. The summed E-state index contributed by atoms with van der Waals surface area (Å²) < 4.78 is 0. The second-order valence-corrected chi connectivity index (χ2v) is 7.76. The summed E-state index contributed by atoms with van der Waals surface area (Å²) in [6.45, 7) is 2.09. The molecule has 0 saturated carbocycles. The standard InChI is InChI=1S/C23H21N7/c1-4-16(15-3-2-10-25-13-15)20-18(5-1)27-23(28-20)22-21-19(29-30-22)7-6-17(26-21)14-8-11-24-12-9-14/h1-7,10,13-14,24H,8-9,11-12H2,(H,27,28)(H,29,30). The first-order valence-electron chi connectivity index (χ1n) is 10.3. The van der Waals surface area contributed by atoms with Crippen molar-refractivity contribution in [1.82, 2.24) is 35.5 Å². The number of pyridine rings is 2. The Morgan fingerprint density at radius 3 is 2.67 bits per heavy atom. The summed E-state index contributed by atoms with van der Waals surface area (Å²) in [7, 11) is 0. The Morgan fingerprint density at radius 2 is 1.80 bits per heavy atom. The monoisotopic (exact) mass is 395 g/mol. The Labute approximate surface area is 173 Å². The topological polar surface area (TPSA) is 95.2 Å². The van der Waals surface area contributed by atoms with Gasteiger partial charge in [-0.15, -0.1) is 0 Å². The third-order valence-corrected chi connectivity index (χ3v) is 5.90. The third-order valence-electron chi connectivity index (χ3n) is 5.90. The van der Waals surface area contributed by atoms with Gasteiger partial charge >= 0.3 is 0 Å². The number of aromatic nitrogens is 6. The Kier molecular flexibility index (Phi) is 4.06. The van der Waals surface area contributed by atoms with Gasteiger partial charge in [-0.1, -0.05) is 18.2 Å². The lowest BCUT2D eigenvalue weighted by atomic mass is 9.94. The smallest absolute Gasteiger partial charge is 0.161 e. The van der Waals surface area contributed by atoms with E-state index in [0.29, 0.717) is 5.92 Å². The van der Waals surface area contributed by atoms with Crippen LogP contribution in [0.4, 0.5) is 0 Å². The largest absolute Gasteiger partial charge is 0.336 e. The molecule has 1 aromatic carbocycles. The molecule has 1 saturated heterocycles. The van der Waals surface area contributed by atoms with Gasteiger partial charge in [0.05, 0.1) is 16.6 Å². The van der Waals surface area contributed by atoms with Crippen molar-refractivity contribution < 1.29 is 0 Å². The zero-order valence-electron chi connectivity index (χ0n) is 16.4. The van der Waals surface area contributed by atoms with E-state index in [4.69, 9.17) is 9.97 Å². The SMILES string of the molecule is c1cncc(-c2cccc3[nH]c(-c4n[nH]c5ccc(C6CCNCC6)nc45)nc23)c1. The zero-order chi connectivity index (χ0) is 19.9. The first-order chi connectivity index (χ1) is 14.9. The van der Waals surface area contributed by atoms with Crippen LogP contribution < -0.4 is 5.32 Å². The van der Waals surface area contributed by atoms with Crippen molar-refractivity contribution >= 4 is 22.1 Å². The molecule has 1 fully saturated rings. The zero-order valence-corrected chi connectivity index (χ0v) is 16.4. The maximum atomic E-state index is 4.99. The first-order valence-corrected chi connectivity index (χ1v) is 10.3. The maximum Gasteiger partial charge on any atom is 0.161 e. The van der Waals surface area contributed by atoms with Gasteiger partial charge in [0.2, 0.25) is 0 Å². The van der Waals surface area contributed by atoms with E-state index in [-0.39, 0.29) is 0 Å². The van der Waals surface area contributed by atoms with E-state index >= 15 is 0 Å². The van der Waals surface area contributed by atoms with Crippen molar-refractivity contribution in [2.45, 2.75) is 18.8 Å². The highest BCUT2D eigenvalue weighted by atomic mass is 15.1. The second kappa shape index (κ2) is 7.03. The summed E-state index contributed by atoms with van der Waals surface area (Å²) in [4.78, 5) is 17.6. The molecule has 0 unspecified atom stereocenters. The molecule has 0 spiro atoms. The molecular weight excluding hydrogens is 374 g/mol. The number of H-pyrrole nitrogens is 2. The van der Waals surface area contributed by atoms with Gasteiger partial charge in [0.15, 0.2) is 11.5 Å². The molecule has 1 aliphatic rings. The van der Waals surface area contributed by atoms with E-state index < -0.39 is 0 Å². The van der Waals surface area contributed by atoms with Crippen molar-refractivity contribution in [2.75, 3.05) is 13.1 Å². The van der Waals surface area contributed by atoms with Gasteiger partial charge in [-0.05, 0) is 50.2 Å². The van der Waals surface area contributed by atoms with Crippen LogP contribution >= 0.6 is 0 Å². The molecule has 148 valence electrons. The van der Waals surface area contributed by atoms with Crippen molar-refractivity contribution in [1.29, 1.82) is 0 Å². The molecule has 4 aromatic heterocycles. The van der Waals surface area contributed by atoms with E-state index in [2.05, 4.69) is 43.7 Å². The van der Waals surface area contributed by atoms with Gasteiger partial charge in [-0.3, -0.25) is 10.1 Å². The normalized spacial score (nSPS) is 15.2. The molecule has 0 radical (unpaired) electrons. The van der Waals surface area contributed by atoms with Crippen molar-refractivity contribution in [3.63, 3.8) is 0 Å². The van der Waals surface area contributed by atoms with Crippen LogP contribution in [0.15, 0.2) is 54.9 Å². The third kappa shape index (κ3) is 2.86. The number of benzene rings is 1. The molecule has 1 aliphatic heterocycles. The van der Waals surface area contributed by atoms with Gasteiger partial charge in [0, 0.05) is 35.1 Å². The van der Waals surface area contributed by atoms with Crippen molar-refractivity contribution in [3.05, 3.63) is 60.6 Å². The Morgan fingerprint density at radius 1 is 0.867 bits per heavy atom. The fraction of sp³-hybridized carbons (Fsp3) is 0.217. The van der Waals surface area contributed by atoms with E-state index in [1.165, 1.54) is 0 Å². The molecule has 5 heterocycles. The number of hydrogen-bond donors (Lipinski definition) is 3. The van der Waals surface area contributed by atoms with Crippen molar-refractivity contribution in [3.8, 4) is 22.6 Å². The molecule has 5 aromatic rings. The minimum Gasteiger partial charge on any atom is -0.336 e. The molecular formula is C23H21N7. The number of rotatable bonds is 3. The van der Waals surface area contributed by atoms with Crippen LogP contribution in [0.5, 0.6) is 0 Å². The van der Waals surface area contributed by atoms with Gasteiger partial charge in [-0.25, -0.2) is 9.97 Å². The second-order valence-electron chi connectivity index (χ2n) is 7.76. The lowest BCUT2D eigenvalue weighted by Gasteiger charge is -2.22. The van der Waals surface area contributed by atoms with E-state index in [1.807, 2.05) is 30.5 Å². The van der Waals surface area contributed by atoms with Crippen LogP contribution in [0.25, 0.3) is 44.7 Å². The molecule has 3 N–H and O–H groups in total. The quantitative estimate of drug-likeness (QED) is 0.429. The van der Waals surface area contributed by atoms with Gasteiger partial charge in [0.1, 0.15) is 5.52 Å². The summed E-state index contributed by atoms with van der Waals surface area (Å²) in [5.74, 6) is 1.22. The average molecular weight is 395 g/mol. The minimum absolute atomic E-state index is 0.492.